The van der Waals surface area contributed by atoms with Crippen molar-refractivity contribution in [1.29, 1.82) is 0 Å². The minimum atomic E-state index is 0.112. The van der Waals surface area contributed by atoms with Crippen LogP contribution in [0.4, 0.5) is 0 Å². The zero-order valence-corrected chi connectivity index (χ0v) is 23.6. The molecule has 0 radical (unpaired) electrons. The van der Waals surface area contributed by atoms with Gasteiger partial charge in [0.05, 0.1) is 0 Å². The van der Waals surface area contributed by atoms with E-state index in [-0.39, 0.29) is 5.92 Å². The van der Waals surface area contributed by atoms with Crippen molar-refractivity contribution in [2.24, 2.45) is 0 Å². The number of rotatable bonds is 4. The van der Waals surface area contributed by atoms with E-state index in [1.807, 2.05) is 78.9 Å². The summed E-state index contributed by atoms with van der Waals surface area (Å²) in [7, 11) is 0. The highest BCUT2D eigenvalue weighted by atomic mass is 16.3. The normalized spacial score (nSPS) is 14.6. The van der Waals surface area contributed by atoms with Crippen molar-refractivity contribution in [3.05, 3.63) is 156 Å². The summed E-state index contributed by atoms with van der Waals surface area (Å²) in [6.45, 7) is 0. The number of benzene rings is 5. The van der Waals surface area contributed by atoms with Gasteiger partial charge in [0.15, 0.2) is 17.5 Å². The molecule has 5 aromatic carbocycles. The molecule has 1 unspecified atom stereocenters. The Balaban J connectivity index is 1.33. The summed E-state index contributed by atoms with van der Waals surface area (Å²) in [4.78, 5) is 15.4. The number of aromatic nitrogens is 3. The highest BCUT2D eigenvalue weighted by molar-refractivity contribution is 6.11. The van der Waals surface area contributed by atoms with E-state index in [1.54, 1.807) is 0 Å². The van der Waals surface area contributed by atoms with Crippen LogP contribution >= 0.6 is 0 Å². The van der Waals surface area contributed by atoms with Gasteiger partial charge in [-0.1, -0.05) is 115 Å². The lowest BCUT2D eigenvalue weighted by molar-refractivity contribution is 0.531. The summed E-state index contributed by atoms with van der Waals surface area (Å²) in [6.07, 6.45) is 3.07. The predicted octanol–water partition coefficient (Wildman–Crippen LogP) is 9.62. The SMILES string of the molecule is C1=C(c2nc(-c3ccccc3)nc(-c3cccc4oc5ccccc5c34)n2)c2c(oc3ccccc23)CC1c1ccccc1. The van der Waals surface area contributed by atoms with Gasteiger partial charge < -0.3 is 8.83 Å². The molecule has 1 aliphatic rings. The number of para-hydroxylation sites is 2. The molecule has 5 heteroatoms. The Morgan fingerprint density at radius 2 is 1.16 bits per heavy atom. The van der Waals surface area contributed by atoms with Crippen LogP contribution < -0.4 is 0 Å². The summed E-state index contributed by atoms with van der Waals surface area (Å²) in [5.74, 6) is 2.90. The molecule has 1 atom stereocenters. The van der Waals surface area contributed by atoms with Gasteiger partial charge in [0.1, 0.15) is 22.5 Å². The Morgan fingerprint density at radius 1 is 0.523 bits per heavy atom. The smallest absolute Gasteiger partial charge is 0.164 e. The molecule has 8 aromatic rings. The number of allylic oxidation sites excluding steroid dienone is 1. The second-order valence-corrected chi connectivity index (χ2v) is 11.1. The number of hydrogen-bond acceptors (Lipinski definition) is 5. The number of furan rings is 2. The molecule has 5 nitrogen and oxygen atoms in total. The van der Waals surface area contributed by atoms with Crippen LogP contribution in [0.15, 0.2) is 142 Å². The molecule has 0 saturated heterocycles. The minimum absolute atomic E-state index is 0.112. The van der Waals surface area contributed by atoms with Crippen LogP contribution in [0.25, 0.3) is 61.3 Å². The van der Waals surface area contributed by atoms with Crippen LogP contribution in [0, 0.1) is 0 Å². The largest absolute Gasteiger partial charge is 0.460 e. The first-order valence-corrected chi connectivity index (χ1v) is 14.8. The Hall–Kier alpha value is -5.81. The van der Waals surface area contributed by atoms with Gasteiger partial charge in [-0.05, 0) is 23.8 Å². The quantitative estimate of drug-likeness (QED) is 0.212. The molecule has 3 heterocycles. The van der Waals surface area contributed by atoms with Crippen molar-refractivity contribution in [2.45, 2.75) is 12.3 Å². The Labute approximate surface area is 253 Å². The molecule has 0 spiro atoms. The number of hydrogen-bond donors (Lipinski definition) is 0. The minimum Gasteiger partial charge on any atom is -0.460 e. The lowest BCUT2D eigenvalue weighted by atomic mass is 9.83. The predicted molar refractivity (Wildman–Crippen MR) is 174 cm³/mol. The van der Waals surface area contributed by atoms with Crippen LogP contribution in [-0.2, 0) is 6.42 Å². The van der Waals surface area contributed by atoms with E-state index in [0.29, 0.717) is 17.5 Å². The molecule has 3 aromatic heterocycles. The molecule has 0 aliphatic heterocycles. The first-order chi connectivity index (χ1) is 21.8. The monoisotopic (exact) mass is 567 g/mol. The van der Waals surface area contributed by atoms with E-state index >= 15 is 0 Å². The van der Waals surface area contributed by atoms with Crippen LogP contribution in [0.2, 0.25) is 0 Å². The van der Waals surface area contributed by atoms with E-state index in [9.17, 15) is 0 Å². The molecule has 1 aliphatic carbocycles. The molecule has 44 heavy (non-hydrogen) atoms. The summed E-state index contributed by atoms with van der Waals surface area (Å²) < 4.78 is 12.7. The van der Waals surface area contributed by atoms with E-state index in [4.69, 9.17) is 23.8 Å². The second-order valence-electron chi connectivity index (χ2n) is 11.1. The average Bonchev–Trinajstić information content (AvgIpc) is 3.67. The van der Waals surface area contributed by atoms with Gasteiger partial charge in [-0.3, -0.25) is 0 Å². The van der Waals surface area contributed by atoms with E-state index < -0.39 is 0 Å². The molecule has 0 saturated carbocycles. The third kappa shape index (κ3) is 3.97. The molecular formula is C39H25N3O2. The molecule has 0 bridgehead atoms. The Kier molecular flexibility index (Phi) is 5.56. The fourth-order valence-corrected chi connectivity index (χ4v) is 6.47. The third-order valence-electron chi connectivity index (χ3n) is 8.49. The van der Waals surface area contributed by atoms with E-state index in [2.05, 4.69) is 54.6 Å². The molecular weight excluding hydrogens is 542 g/mol. The molecule has 0 N–H and O–H groups in total. The van der Waals surface area contributed by atoms with Crippen LogP contribution in [-0.4, -0.2) is 15.0 Å². The van der Waals surface area contributed by atoms with Crippen LogP contribution in [0.1, 0.15) is 28.6 Å². The molecule has 0 fully saturated rings. The maximum Gasteiger partial charge on any atom is 0.164 e. The Morgan fingerprint density at radius 3 is 1.98 bits per heavy atom. The summed E-state index contributed by atoms with van der Waals surface area (Å²) in [6, 6.07) is 43.0. The summed E-state index contributed by atoms with van der Waals surface area (Å²) >= 11 is 0. The van der Waals surface area contributed by atoms with E-state index in [0.717, 1.165) is 67.4 Å². The highest BCUT2D eigenvalue weighted by Gasteiger charge is 2.30. The maximum atomic E-state index is 6.49. The molecule has 9 rings (SSSR count). The lowest BCUT2D eigenvalue weighted by Gasteiger charge is -2.21. The zero-order valence-electron chi connectivity index (χ0n) is 23.6. The van der Waals surface area contributed by atoms with Crippen LogP contribution in [0.3, 0.4) is 0 Å². The third-order valence-corrected chi connectivity index (χ3v) is 8.49. The van der Waals surface area contributed by atoms with Gasteiger partial charge >= 0.3 is 0 Å². The van der Waals surface area contributed by atoms with Crippen molar-refractivity contribution in [3.63, 3.8) is 0 Å². The first kappa shape index (κ1) is 24.8. The number of nitrogens with zero attached hydrogens (tertiary/aromatic N) is 3. The van der Waals surface area contributed by atoms with Crippen molar-refractivity contribution in [3.8, 4) is 22.8 Å². The first-order valence-electron chi connectivity index (χ1n) is 14.8. The average molecular weight is 568 g/mol. The van der Waals surface area contributed by atoms with Gasteiger partial charge in [0, 0.05) is 50.8 Å². The van der Waals surface area contributed by atoms with Gasteiger partial charge in [-0.15, -0.1) is 0 Å². The van der Waals surface area contributed by atoms with Crippen molar-refractivity contribution < 1.29 is 8.83 Å². The maximum absolute atomic E-state index is 6.49. The molecule has 208 valence electrons. The van der Waals surface area contributed by atoms with Gasteiger partial charge in [-0.2, -0.15) is 0 Å². The highest BCUT2D eigenvalue weighted by Crippen LogP contribution is 2.43. The standard InChI is InChI=1S/C39H25N3O2/c1-3-12-24(13-4-1)26-22-30(36-28-17-8-10-20-32(28)44-34(36)23-26)39-41-37(25-14-5-2-6-15-25)40-38(42-39)29-18-11-21-33-35(29)27-16-7-9-19-31(27)43-33/h1-22,26H,23H2. The van der Waals surface area contributed by atoms with Crippen molar-refractivity contribution in [1.82, 2.24) is 15.0 Å². The topological polar surface area (TPSA) is 65.0 Å². The fraction of sp³-hybridized carbons (Fsp3) is 0.0513. The van der Waals surface area contributed by atoms with Gasteiger partial charge in [0.2, 0.25) is 0 Å². The van der Waals surface area contributed by atoms with Gasteiger partial charge in [-0.25, -0.2) is 15.0 Å². The fourth-order valence-electron chi connectivity index (χ4n) is 6.47. The summed E-state index contributed by atoms with van der Waals surface area (Å²) in [5.41, 5.74) is 7.56. The number of fused-ring (bicyclic) bond motifs is 6. The van der Waals surface area contributed by atoms with E-state index in [1.165, 1.54) is 5.56 Å². The molecule has 0 amide bonds. The van der Waals surface area contributed by atoms with Gasteiger partial charge in [0.25, 0.3) is 0 Å². The van der Waals surface area contributed by atoms with Crippen molar-refractivity contribution in [2.75, 3.05) is 0 Å². The van der Waals surface area contributed by atoms with Crippen LogP contribution in [0.5, 0.6) is 0 Å². The zero-order chi connectivity index (χ0) is 29.0. The summed E-state index contributed by atoms with van der Waals surface area (Å²) in [5, 5.41) is 3.09. The van der Waals surface area contributed by atoms with Crippen molar-refractivity contribution >= 4 is 38.5 Å². The second kappa shape index (κ2) is 9.89. The Bertz CT molecular complexity index is 2370. The lowest BCUT2D eigenvalue weighted by Crippen LogP contribution is -2.11.